The Morgan fingerprint density at radius 1 is 2.00 bits per heavy atom. The van der Waals surface area contributed by atoms with E-state index in [2.05, 4.69) is 28.8 Å². The molecule has 0 aromatic carbocycles. The van der Waals surface area contributed by atoms with Crippen LogP contribution >= 0.6 is 15.9 Å². The average molecular weight is 159 g/mol. The molecule has 0 spiro atoms. The molecule has 1 rings (SSSR count). The summed E-state index contributed by atoms with van der Waals surface area (Å²) < 4.78 is 0. The molecule has 38 valence electrons. The monoisotopic (exact) mass is 158 g/mol. The van der Waals surface area contributed by atoms with Crippen LogP contribution in [0.2, 0.25) is 0 Å². The van der Waals surface area contributed by atoms with Crippen molar-refractivity contribution in [3.63, 3.8) is 0 Å². The van der Waals surface area contributed by atoms with Crippen molar-refractivity contribution in [2.24, 2.45) is 5.41 Å². The molecule has 0 aromatic heterocycles. The number of halogens is 1. The molecule has 1 saturated carbocycles. The molecule has 0 bridgehead atoms. The summed E-state index contributed by atoms with van der Waals surface area (Å²) in [5.41, 5.74) is 0.194. The third kappa shape index (κ3) is 0.680. The maximum atomic E-state index is 5.18. The summed E-state index contributed by atoms with van der Waals surface area (Å²) in [4.78, 5) is 0.588. The highest BCUT2D eigenvalue weighted by molar-refractivity contribution is 9.09. The highest BCUT2D eigenvalue weighted by Crippen LogP contribution is 2.50. The zero-order chi connectivity index (χ0) is 5.49. The Kier molecular flexibility index (Phi) is 0.932. The van der Waals surface area contributed by atoms with Crippen molar-refractivity contribution in [2.75, 3.05) is 0 Å². The normalized spacial score (nSPS) is 47.9. The summed E-state index contributed by atoms with van der Waals surface area (Å²) in [6.07, 6.45) is 6.32. The molecule has 1 aliphatic rings. The molecule has 0 saturated heterocycles. The fraction of sp³-hybridized carbons (Fsp3) is 0.667. The van der Waals surface area contributed by atoms with Crippen LogP contribution in [0.5, 0.6) is 0 Å². The first-order chi connectivity index (χ1) is 3.19. The second kappa shape index (κ2) is 1.26. The standard InChI is InChI=1S/C6H7Br/c1-3-6(2)4-5(6)7/h1,5H,4H2,2H3/t5-,6-/m1/s1. The van der Waals surface area contributed by atoms with Crippen LogP contribution in [0, 0.1) is 17.8 Å². The Morgan fingerprint density at radius 2 is 2.43 bits per heavy atom. The summed E-state index contributed by atoms with van der Waals surface area (Å²) in [7, 11) is 0. The van der Waals surface area contributed by atoms with Gasteiger partial charge in [0.05, 0.1) is 0 Å². The molecule has 0 unspecified atom stereocenters. The smallest absolute Gasteiger partial charge is 0.0420 e. The predicted molar refractivity (Wildman–Crippen MR) is 34.3 cm³/mol. The number of hydrogen-bond donors (Lipinski definition) is 0. The van der Waals surface area contributed by atoms with Crippen LogP contribution in [-0.2, 0) is 0 Å². The summed E-state index contributed by atoms with van der Waals surface area (Å²) in [6, 6.07) is 0. The maximum Gasteiger partial charge on any atom is 0.0420 e. The lowest BCUT2D eigenvalue weighted by atomic mass is 10.2. The van der Waals surface area contributed by atoms with Gasteiger partial charge in [0.1, 0.15) is 0 Å². The minimum atomic E-state index is 0.194. The summed E-state index contributed by atoms with van der Waals surface area (Å²) >= 11 is 3.42. The van der Waals surface area contributed by atoms with Crippen LogP contribution in [0.15, 0.2) is 0 Å². The van der Waals surface area contributed by atoms with Crippen molar-refractivity contribution >= 4 is 15.9 Å². The van der Waals surface area contributed by atoms with E-state index < -0.39 is 0 Å². The molecule has 0 N–H and O–H groups in total. The van der Waals surface area contributed by atoms with Crippen molar-refractivity contribution in [1.29, 1.82) is 0 Å². The maximum absolute atomic E-state index is 5.18. The van der Waals surface area contributed by atoms with Gasteiger partial charge in [-0.1, -0.05) is 21.9 Å². The van der Waals surface area contributed by atoms with Crippen molar-refractivity contribution in [1.82, 2.24) is 0 Å². The molecule has 0 amide bonds. The Hall–Kier alpha value is 0.0400. The molecule has 1 fully saturated rings. The van der Waals surface area contributed by atoms with Crippen molar-refractivity contribution in [3.8, 4) is 12.3 Å². The van der Waals surface area contributed by atoms with Crippen LogP contribution in [-0.4, -0.2) is 4.83 Å². The number of hydrogen-bond acceptors (Lipinski definition) is 0. The number of terminal acetylenes is 1. The van der Waals surface area contributed by atoms with Gasteiger partial charge in [0, 0.05) is 10.2 Å². The van der Waals surface area contributed by atoms with Gasteiger partial charge in [-0.3, -0.25) is 0 Å². The van der Waals surface area contributed by atoms with E-state index in [4.69, 9.17) is 6.42 Å². The summed E-state index contributed by atoms with van der Waals surface area (Å²) in [5.74, 6) is 2.72. The minimum absolute atomic E-state index is 0.194. The Labute approximate surface area is 52.4 Å². The van der Waals surface area contributed by atoms with Crippen LogP contribution in [0.1, 0.15) is 13.3 Å². The van der Waals surface area contributed by atoms with E-state index in [-0.39, 0.29) is 5.41 Å². The fourth-order valence-corrected chi connectivity index (χ4v) is 1.27. The Balaban J connectivity index is 2.57. The van der Waals surface area contributed by atoms with Crippen molar-refractivity contribution in [2.45, 2.75) is 18.2 Å². The van der Waals surface area contributed by atoms with Gasteiger partial charge in [-0.05, 0) is 13.3 Å². The van der Waals surface area contributed by atoms with Gasteiger partial charge in [-0.15, -0.1) is 6.42 Å². The highest BCUT2D eigenvalue weighted by atomic mass is 79.9. The molecule has 7 heavy (non-hydrogen) atoms. The Morgan fingerprint density at radius 3 is 2.43 bits per heavy atom. The summed E-state index contributed by atoms with van der Waals surface area (Å²) in [6.45, 7) is 2.09. The van der Waals surface area contributed by atoms with Gasteiger partial charge in [0.25, 0.3) is 0 Å². The molecule has 0 radical (unpaired) electrons. The van der Waals surface area contributed by atoms with E-state index in [1.54, 1.807) is 0 Å². The topological polar surface area (TPSA) is 0 Å². The van der Waals surface area contributed by atoms with Gasteiger partial charge in [-0.2, -0.15) is 0 Å². The number of rotatable bonds is 0. The van der Waals surface area contributed by atoms with Gasteiger partial charge in [0.2, 0.25) is 0 Å². The zero-order valence-electron chi connectivity index (χ0n) is 4.24. The lowest BCUT2D eigenvalue weighted by molar-refractivity contribution is 0.791. The van der Waals surface area contributed by atoms with E-state index >= 15 is 0 Å². The molecule has 0 aromatic rings. The third-order valence-electron chi connectivity index (χ3n) is 1.46. The van der Waals surface area contributed by atoms with Crippen LogP contribution < -0.4 is 0 Å². The molecule has 0 heterocycles. The van der Waals surface area contributed by atoms with Gasteiger partial charge in [-0.25, -0.2) is 0 Å². The molecule has 2 atom stereocenters. The first-order valence-electron chi connectivity index (χ1n) is 2.31. The molecular formula is C6H7Br. The molecule has 0 nitrogen and oxygen atoms in total. The van der Waals surface area contributed by atoms with Gasteiger partial charge < -0.3 is 0 Å². The SMILES string of the molecule is C#C[C@]1(C)C[C@H]1Br. The van der Waals surface area contributed by atoms with Crippen molar-refractivity contribution < 1.29 is 0 Å². The highest BCUT2D eigenvalue weighted by Gasteiger charge is 2.46. The first-order valence-corrected chi connectivity index (χ1v) is 3.22. The van der Waals surface area contributed by atoms with E-state index in [9.17, 15) is 0 Å². The average Bonchev–Trinajstić information content (AvgIpc) is 2.18. The summed E-state index contributed by atoms with van der Waals surface area (Å²) in [5, 5.41) is 0. The van der Waals surface area contributed by atoms with Crippen LogP contribution in [0.4, 0.5) is 0 Å². The largest absolute Gasteiger partial charge is 0.119 e. The van der Waals surface area contributed by atoms with Crippen LogP contribution in [0.25, 0.3) is 0 Å². The first kappa shape index (κ1) is 5.18. The lowest BCUT2D eigenvalue weighted by Crippen LogP contribution is -1.88. The second-order valence-corrected chi connectivity index (χ2v) is 3.34. The molecule has 0 aliphatic heterocycles. The zero-order valence-corrected chi connectivity index (χ0v) is 5.83. The van der Waals surface area contributed by atoms with Gasteiger partial charge >= 0.3 is 0 Å². The predicted octanol–water partition coefficient (Wildman–Crippen LogP) is 1.79. The second-order valence-electron chi connectivity index (χ2n) is 2.23. The quantitative estimate of drug-likeness (QED) is 0.373. The lowest BCUT2D eigenvalue weighted by Gasteiger charge is -1.90. The van der Waals surface area contributed by atoms with E-state index in [0.717, 1.165) is 6.42 Å². The van der Waals surface area contributed by atoms with E-state index in [1.165, 1.54) is 0 Å². The van der Waals surface area contributed by atoms with Crippen LogP contribution in [0.3, 0.4) is 0 Å². The fourth-order valence-electron chi connectivity index (χ4n) is 0.463. The van der Waals surface area contributed by atoms with E-state index in [0.29, 0.717) is 4.83 Å². The van der Waals surface area contributed by atoms with Crippen molar-refractivity contribution in [3.05, 3.63) is 0 Å². The molecule has 1 aliphatic carbocycles. The molecular weight excluding hydrogens is 152 g/mol. The number of alkyl halides is 1. The van der Waals surface area contributed by atoms with Gasteiger partial charge in [0.15, 0.2) is 0 Å². The minimum Gasteiger partial charge on any atom is -0.119 e. The third-order valence-corrected chi connectivity index (χ3v) is 2.80. The van der Waals surface area contributed by atoms with E-state index in [1.807, 2.05) is 0 Å². The Bertz CT molecular complexity index is 123. The molecule has 1 heteroatoms.